The first-order valence-corrected chi connectivity index (χ1v) is 16.2. The van der Waals surface area contributed by atoms with Crippen LogP contribution in [0.1, 0.15) is 22.3 Å². The molecule has 0 fully saturated rings. The molecule has 43 heavy (non-hydrogen) atoms. The molecule has 0 bridgehead atoms. The Balaban J connectivity index is 1.34. The molecule has 1 aliphatic carbocycles. The fourth-order valence-electron chi connectivity index (χ4n) is 5.07. The molecular weight excluding hydrogens is 592 g/mol. The SMILES string of the molecule is O=C(O)[C@H](Cc1ccccc1)NS(=O)(=O)c1ccc2c(c1)Cc1cc(S(=O)(=O)N[C@H](Cc3ccccc3)C(=O)O)ccc1-2. The van der Waals surface area contributed by atoms with Gasteiger partial charge in [0.2, 0.25) is 20.0 Å². The van der Waals surface area contributed by atoms with Gasteiger partial charge >= 0.3 is 11.9 Å². The van der Waals surface area contributed by atoms with Gasteiger partial charge in [-0.2, -0.15) is 9.44 Å². The van der Waals surface area contributed by atoms with E-state index in [1.807, 2.05) is 0 Å². The summed E-state index contributed by atoms with van der Waals surface area (Å²) in [6.45, 7) is 0. The van der Waals surface area contributed by atoms with Crippen LogP contribution in [0.5, 0.6) is 0 Å². The lowest BCUT2D eigenvalue weighted by Crippen LogP contribution is -2.42. The average molecular weight is 621 g/mol. The topological polar surface area (TPSA) is 167 Å². The number of carboxylic acid groups (broad SMARTS) is 2. The second-order valence-corrected chi connectivity index (χ2v) is 13.6. The molecule has 4 N–H and O–H groups in total. The van der Waals surface area contributed by atoms with Crippen LogP contribution in [-0.4, -0.2) is 51.1 Å². The largest absolute Gasteiger partial charge is 0.480 e. The van der Waals surface area contributed by atoms with Crippen LogP contribution in [0.25, 0.3) is 11.1 Å². The number of benzene rings is 4. The Morgan fingerprint density at radius 2 is 0.977 bits per heavy atom. The second kappa shape index (κ2) is 12.1. The Morgan fingerprint density at radius 1 is 0.605 bits per heavy atom. The normalized spacial score (nSPS) is 14.0. The smallest absolute Gasteiger partial charge is 0.322 e. The van der Waals surface area contributed by atoms with Gasteiger partial charge in [-0.15, -0.1) is 0 Å². The molecule has 0 unspecified atom stereocenters. The van der Waals surface area contributed by atoms with Crippen molar-refractivity contribution in [2.75, 3.05) is 0 Å². The lowest BCUT2D eigenvalue weighted by molar-refractivity contribution is -0.139. The zero-order chi connectivity index (χ0) is 30.8. The highest BCUT2D eigenvalue weighted by Crippen LogP contribution is 2.38. The summed E-state index contributed by atoms with van der Waals surface area (Å²) in [4.78, 5) is 23.5. The number of hydrogen-bond acceptors (Lipinski definition) is 6. The van der Waals surface area contributed by atoms with Crippen molar-refractivity contribution in [1.82, 2.24) is 9.44 Å². The number of aliphatic carboxylic acids is 2. The van der Waals surface area contributed by atoms with Crippen LogP contribution in [0.4, 0.5) is 0 Å². The molecule has 222 valence electrons. The molecule has 0 amide bonds. The number of hydrogen-bond donors (Lipinski definition) is 4. The van der Waals surface area contributed by atoms with Crippen LogP contribution >= 0.6 is 0 Å². The van der Waals surface area contributed by atoms with Gasteiger partial charge < -0.3 is 10.2 Å². The fraction of sp³-hybridized carbons (Fsp3) is 0.161. The Bertz CT molecular complexity index is 1760. The van der Waals surface area contributed by atoms with E-state index in [0.29, 0.717) is 22.3 Å². The minimum Gasteiger partial charge on any atom is -0.480 e. The molecular formula is C31H28N2O8S2. The Morgan fingerprint density at radius 3 is 1.33 bits per heavy atom. The van der Waals surface area contributed by atoms with Crippen LogP contribution in [-0.2, 0) is 48.9 Å². The molecule has 10 nitrogen and oxygen atoms in total. The van der Waals surface area contributed by atoms with Gasteiger partial charge in [0.05, 0.1) is 9.79 Å². The van der Waals surface area contributed by atoms with Gasteiger partial charge in [0.15, 0.2) is 0 Å². The zero-order valence-corrected chi connectivity index (χ0v) is 24.3. The van der Waals surface area contributed by atoms with Crippen molar-refractivity contribution in [3.8, 4) is 11.1 Å². The van der Waals surface area contributed by atoms with E-state index in [9.17, 15) is 36.6 Å². The Hall–Kier alpha value is -4.36. The highest BCUT2D eigenvalue weighted by atomic mass is 32.2. The summed E-state index contributed by atoms with van der Waals surface area (Å²) in [5.41, 5.74) is 4.02. The average Bonchev–Trinajstić information content (AvgIpc) is 3.34. The minimum atomic E-state index is -4.20. The van der Waals surface area contributed by atoms with Gasteiger partial charge in [0.25, 0.3) is 0 Å². The van der Waals surface area contributed by atoms with Gasteiger partial charge in [0, 0.05) is 0 Å². The van der Waals surface area contributed by atoms with Gasteiger partial charge in [-0.25, -0.2) is 16.8 Å². The number of fused-ring (bicyclic) bond motifs is 3. The number of carbonyl (C=O) groups is 2. The van der Waals surface area contributed by atoms with Crippen LogP contribution in [0.3, 0.4) is 0 Å². The van der Waals surface area contributed by atoms with Crippen molar-refractivity contribution in [3.05, 3.63) is 119 Å². The molecule has 0 saturated heterocycles. The molecule has 5 rings (SSSR count). The molecule has 0 spiro atoms. The predicted molar refractivity (Wildman–Crippen MR) is 158 cm³/mol. The number of sulfonamides is 2. The van der Waals surface area contributed by atoms with Crippen LogP contribution in [0.15, 0.2) is 107 Å². The number of carboxylic acids is 2. The van der Waals surface area contributed by atoms with Gasteiger partial charge in [-0.3, -0.25) is 9.59 Å². The summed E-state index contributed by atoms with van der Waals surface area (Å²) in [6, 6.07) is 23.5. The van der Waals surface area contributed by atoms with Crippen LogP contribution in [0, 0.1) is 0 Å². The third kappa shape index (κ3) is 6.83. The van der Waals surface area contributed by atoms with E-state index in [1.165, 1.54) is 24.3 Å². The van der Waals surface area contributed by atoms with E-state index >= 15 is 0 Å². The molecule has 0 radical (unpaired) electrons. The maximum atomic E-state index is 13.2. The summed E-state index contributed by atoms with van der Waals surface area (Å²) < 4.78 is 57.3. The molecule has 2 atom stereocenters. The Labute approximate surface area is 249 Å². The number of rotatable bonds is 12. The van der Waals surface area contributed by atoms with E-state index in [1.54, 1.807) is 72.8 Å². The zero-order valence-electron chi connectivity index (χ0n) is 22.7. The predicted octanol–water partition coefficient (Wildman–Crippen LogP) is 3.21. The minimum absolute atomic E-state index is 0.0366. The second-order valence-electron chi connectivity index (χ2n) is 10.2. The van der Waals surface area contributed by atoms with Crippen molar-refractivity contribution in [3.63, 3.8) is 0 Å². The molecule has 0 heterocycles. The van der Waals surface area contributed by atoms with Gasteiger partial charge in [-0.1, -0.05) is 72.8 Å². The summed E-state index contributed by atoms with van der Waals surface area (Å²) in [5.74, 6) is -2.62. The quantitative estimate of drug-likeness (QED) is 0.165. The lowest BCUT2D eigenvalue weighted by Gasteiger charge is -2.16. The fourth-order valence-corrected chi connectivity index (χ4v) is 7.55. The van der Waals surface area contributed by atoms with E-state index in [-0.39, 0.29) is 29.1 Å². The molecule has 0 aliphatic heterocycles. The molecule has 12 heteroatoms. The summed E-state index contributed by atoms with van der Waals surface area (Å²) in [6.07, 6.45) is 0.159. The molecule has 1 aliphatic rings. The summed E-state index contributed by atoms with van der Waals surface area (Å²) in [5, 5.41) is 19.3. The first-order valence-electron chi connectivity index (χ1n) is 13.3. The van der Waals surface area contributed by atoms with E-state index in [0.717, 1.165) is 11.1 Å². The highest BCUT2D eigenvalue weighted by molar-refractivity contribution is 7.89. The van der Waals surface area contributed by atoms with Crippen molar-refractivity contribution in [2.24, 2.45) is 0 Å². The van der Waals surface area contributed by atoms with Gasteiger partial charge in [0.1, 0.15) is 12.1 Å². The maximum Gasteiger partial charge on any atom is 0.322 e. The highest BCUT2D eigenvalue weighted by Gasteiger charge is 2.30. The van der Waals surface area contributed by atoms with E-state index in [2.05, 4.69) is 9.44 Å². The molecule has 0 saturated carbocycles. The first-order chi connectivity index (χ1) is 20.4. The molecule has 4 aromatic carbocycles. The van der Waals surface area contributed by atoms with Crippen LogP contribution < -0.4 is 9.44 Å². The van der Waals surface area contributed by atoms with Gasteiger partial charge in [-0.05, 0) is 76.9 Å². The van der Waals surface area contributed by atoms with Crippen molar-refractivity contribution >= 4 is 32.0 Å². The molecule has 0 aromatic heterocycles. The lowest BCUT2D eigenvalue weighted by atomic mass is 10.1. The monoisotopic (exact) mass is 620 g/mol. The standard InChI is InChI=1S/C31H28N2O8S2/c34-30(35)28(15-20-7-3-1-4-8-20)32-42(38,39)24-11-13-26-22(18-24)17-23-19-25(12-14-27(23)26)43(40,41)33-29(31(36)37)16-21-9-5-2-6-10-21/h1-14,18-19,28-29,32-33H,15-17H2,(H,34,35)(H,36,37)/t28-,29+. The maximum absolute atomic E-state index is 13.2. The van der Waals surface area contributed by atoms with Crippen molar-refractivity contribution in [2.45, 2.75) is 41.1 Å². The van der Waals surface area contributed by atoms with Crippen LogP contribution in [0.2, 0.25) is 0 Å². The van der Waals surface area contributed by atoms with Crippen molar-refractivity contribution < 1.29 is 36.6 Å². The first kappa shape index (κ1) is 30.1. The van der Waals surface area contributed by atoms with Crippen molar-refractivity contribution in [1.29, 1.82) is 0 Å². The summed E-state index contributed by atoms with van der Waals surface area (Å²) in [7, 11) is -8.41. The number of nitrogens with one attached hydrogen (secondary N) is 2. The van der Waals surface area contributed by atoms with E-state index in [4.69, 9.17) is 0 Å². The Kier molecular flexibility index (Phi) is 8.47. The molecule has 4 aromatic rings. The van der Waals surface area contributed by atoms with E-state index < -0.39 is 44.1 Å². The third-order valence-corrected chi connectivity index (χ3v) is 10.1. The third-order valence-electron chi connectivity index (χ3n) is 7.20. The summed E-state index contributed by atoms with van der Waals surface area (Å²) >= 11 is 0.